The van der Waals surface area contributed by atoms with Gasteiger partial charge in [0.05, 0.1) is 12.1 Å². The highest BCUT2D eigenvalue weighted by Gasteiger charge is 2.05. The Kier molecular flexibility index (Phi) is 4.82. The van der Waals surface area contributed by atoms with E-state index in [-0.39, 0.29) is 5.02 Å². The third-order valence-electron chi connectivity index (χ3n) is 2.87. The van der Waals surface area contributed by atoms with Crippen molar-refractivity contribution in [2.45, 2.75) is 13.2 Å². The van der Waals surface area contributed by atoms with E-state index in [1.165, 1.54) is 12.1 Å². The van der Waals surface area contributed by atoms with Gasteiger partial charge >= 0.3 is 0 Å². The molecule has 0 aliphatic heterocycles. The lowest BCUT2D eigenvalue weighted by Gasteiger charge is -2.10. The van der Waals surface area contributed by atoms with Crippen LogP contribution in [0.4, 0.5) is 4.39 Å². The fraction of sp³-hybridized carbons (Fsp3) is 0.200. The monoisotopic (exact) mass is 295 g/mol. The van der Waals surface area contributed by atoms with Gasteiger partial charge in [-0.3, -0.25) is 0 Å². The third-order valence-corrected chi connectivity index (χ3v) is 3.17. The number of hydrogen-bond acceptors (Lipinski definition) is 3. The molecule has 20 heavy (non-hydrogen) atoms. The van der Waals surface area contributed by atoms with Crippen molar-refractivity contribution in [3.63, 3.8) is 0 Å². The Morgan fingerprint density at radius 3 is 2.65 bits per heavy atom. The fourth-order valence-corrected chi connectivity index (χ4v) is 1.90. The summed E-state index contributed by atoms with van der Waals surface area (Å²) in [6, 6.07) is 9.99. The Morgan fingerprint density at radius 2 is 2.00 bits per heavy atom. The molecule has 0 aromatic heterocycles. The molecule has 0 saturated heterocycles. The lowest BCUT2D eigenvalue weighted by atomic mass is 10.1. The predicted molar refractivity (Wildman–Crippen MR) is 76.6 cm³/mol. The van der Waals surface area contributed by atoms with Crippen molar-refractivity contribution >= 4 is 11.6 Å². The maximum absolute atomic E-state index is 13.3. The first-order valence-corrected chi connectivity index (χ1v) is 6.45. The van der Waals surface area contributed by atoms with E-state index >= 15 is 0 Å². The van der Waals surface area contributed by atoms with Crippen molar-refractivity contribution < 1.29 is 13.9 Å². The summed E-state index contributed by atoms with van der Waals surface area (Å²) in [5.41, 5.74) is 7.44. The summed E-state index contributed by atoms with van der Waals surface area (Å²) < 4.78 is 24.0. The fourth-order valence-electron chi connectivity index (χ4n) is 1.78. The Morgan fingerprint density at radius 1 is 1.20 bits per heavy atom. The summed E-state index contributed by atoms with van der Waals surface area (Å²) in [7, 11) is 1.59. The van der Waals surface area contributed by atoms with Crippen molar-refractivity contribution in [2.24, 2.45) is 5.73 Å². The van der Waals surface area contributed by atoms with E-state index in [1.54, 1.807) is 13.2 Å². The largest absolute Gasteiger partial charge is 0.496 e. The highest BCUT2D eigenvalue weighted by molar-refractivity contribution is 6.30. The average molecular weight is 296 g/mol. The quantitative estimate of drug-likeness (QED) is 0.918. The highest BCUT2D eigenvalue weighted by atomic mass is 35.5. The van der Waals surface area contributed by atoms with Crippen LogP contribution < -0.4 is 15.2 Å². The maximum atomic E-state index is 13.3. The van der Waals surface area contributed by atoms with Crippen molar-refractivity contribution in [3.8, 4) is 11.5 Å². The standard InChI is InChI=1S/C15H15ClFNO2/c1-19-15-6-10(2-3-11(15)8-18)9-20-12-4-5-13(16)14(17)7-12/h2-7H,8-9,18H2,1H3. The Hall–Kier alpha value is -1.78. The predicted octanol–water partition coefficient (Wildman–Crippen LogP) is 3.53. The van der Waals surface area contributed by atoms with Gasteiger partial charge in [-0.2, -0.15) is 0 Å². The van der Waals surface area contributed by atoms with Gasteiger partial charge in [-0.1, -0.05) is 23.7 Å². The van der Waals surface area contributed by atoms with Crippen molar-refractivity contribution in [3.05, 3.63) is 58.4 Å². The second-order valence-electron chi connectivity index (χ2n) is 4.21. The van der Waals surface area contributed by atoms with E-state index in [2.05, 4.69) is 0 Å². The first kappa shape index (κ1) is 14.6. The van der Waals surface area contributed by atoms with Crippen LogP contribution in [0.15, 0.2) is 36.4 Å². The minimum absolute atomic E-state index is 0.0753. The van der Waals surface area contributed by atoms with Crippen LogP contribution in [-0.4, -0.2) is 7.11 Å². The molecule has 0 atom stereocenters. The van der Waals surface area contributed by atoms with Gasteiger partial charge in [-0.05, 0) is 23.8 Å². The molecule has 0 radical (unpaired) electrons. The van der Waals surface area contributed by atoms with Gasteiger partial charge in [0.2, 0.25) is 0 Å². The van der Waals surface area contributed by atoms with Crippen LogP contribution in [0.2, 0.25) is 5.02 Å². The van der Waals surface area contributed by atoms with Crippen molar-refractivity contribution in [1.82, 2.24) is 0 Å². The second-order valence-corrected chi connectivity index (χ2v) is 4.62. The smallest absolute Gasteiger partial charge is 0.145 e. The molecule has 0 spiro atoms. The summed E-state index contributed by atoms with van der Waals surface area (Å²) in [6.07, 6.45) is 0. The van der Waals surface area contributed by atoms with E-state index < -0.39 is 5.82 Å². The van der Waals surface area contributed by atoms with Gasteiger partial charge in [0.15, 0.2) is 0 Å². The molecule has 0 unspecified atom stereocenters. The molecule has 0 saturated carbocycles. The maximum Gasteiger partial charge on any atom is 0.145 e. The molecule has 106 valence electrons. The van der Waals surface area contributed by atoms with E-state index in [9.17, 15) is 4.39 Å². The minimum Gasteiger partial charge on any atom is -0.496 e. The van der Waals surface area contributed by atoms with E-state index in [4.69, 9.17) is 26.8 Å². The van der Waals surface area contributed by atoms with Gasteiger partial charge < -0.3 is 15.2 Å². The van der Waals surface area contributed by atoms with Gasteiger partial charge in [0, 0.05) is 18.2 Å². The number of halogens is 2. The molecule has 2 aromatic carbocycles. The lowest BCUT2D eigenvalue weighted by molar-refractivity contribution is 0.303. The summed E-state index contributed by atoms with van der Waals surface area (Å²) in [6.45, 7) is 0.717. The summed E-state index contributed by atoms with van der Waals surface area (Å²) in [5.74, 6) is 0.643. The first-order chi connectivity index (χ1) is 9.63. The molecule has 0 heterocycles. The Labute approximate surface area is 122 Å². The summed E-state index contributed by atoms with van der Waals surface area (Å²) in [5, 5.41) is 0.0753. The van der Waals surface area contributed by atoms with Gasteiger partial charge in [-0.15, -0.1) is 0 Å². The number of ether oxygens (including phenoxy) is 2. The molecule has 2 rings (SSSR count). The number of methoxy groups -OCH3 is 1. The van der Waals surface area contributed by atoms with E-state index in [0.717, 1.165) is 16.9 Å². The average Bonchev–Trinajstić information content (AvgIpc) is 2.48. The molecule has 0 amide bonds. The zero-order valence-electron chi connectivity index (χ0n) is 11.0. The van der Waals surface area contributed by atoms with E-state index in [1.807, 2.05) is 18.2 Å². The van der Waals surface area contributed by atoms with Crippen LogP contribution in [0.5, 0.6) is 11.5 Å². The van der Waals surface area contributed by atoms with Gasteiger partial charge in [-0.25, -0.2) is 4.39 Å². The molecule has 0 fully saturated rings. The number of nitrogens with two attached hydrogens (primary N) is 1. The van der Waals surface area contributed by atoms with Crippen LogP contribution in [0.3, 0.4) is 0 Å². The molecule has 3 nitrogen and oxygen atoms in total. The zero-order chi connectivity index (χ0) is 14.5. The minimum atomic E-state index is -0.500. The third kappa shape index (κ3) is 3.40. The Balaban J connectivity index is 2.08. The van der Waals surface area contributed by atoms with Crippen molar-refractivity contribution in [2.75, 3.05) is 7.11 Å². The molecular weight excluding hydrogens is 281 g/mol. The van der Waals surface area contributed by atoms with Gasteiger partial charge in [0.1, 0.15) is 23.9 Å². The molecular formula is C15H15ClFNO2. The molecule has 2 N–H and O–H groups in total. The molecule has 0 aliphatic rings. The first-order valence-electron chi connectivity index (χ1n) is 6.07. The van der Waals surface area contributed by atoms with E-state index in [0.29, 0.717) is 18.9 Å². The number of hydrogen-bond donors (Lipinski definition) is 1. The van der Waals surface area contributed by atoms with Crippen LogP contribution >= 0.6 is 11.6 Å². The number of rotatable bonds is 5. The van der Waals surface area contributed by atoms with Crippen LogP contribution in [0.25, 0.3) is 0 Å². The molecule has 5 heteroatoms. The lowest BCUT2D eigenvalue weighted by Crippen LogP contribution is -2.02. The SMILES string of the molecule is COc1cc(COc2ccc(Cl)c(F)c2)ccc1CN. The summed E-state index contributed by atoms with van der Waals surface area (Å²) in [4.78, 5) is 0. The Bertz CT molecular complexity index is 604. The highest BCUT2D eigenvalue weighted by Crippen LogP contribution is 2.23. The summed E-state index contributed by atoms with van der Waals surface area (Å²) >= 11 is 5.61. The normalized spacial score (nSPS) is 10.4. The van der Waals surface area contributed by atoms with Crippen molar-refractivity contribution in [1.29, 1.82) is 0 Å². The number of benzene rings is 2. The van der Waals surface area contributed by atoms with Crippen LogP contribution in [-0.2, 0) is 13.2 Å². The van der Waals surface area contributed by atoms with Gasteiger partial charge in [0.25, 0.3) is 0 Å². The second kappa shape index (κ2) is 6.59. The van der Waals surface area contributed by atoms with Crippen LogP contribution in [0.1, 0.15) is 11.1 Å². The molecule has 0 aliphatic carbocycles. The molecule has 0 bridgehead atoms. The molecule has 2 aromatic rings. The zero-order valence-corrected chi connectivity index (χ0v) is 11.8. The topological polar surface area (TPSA) is 44.5 Å². The van der Waals surface area contributed by atoms with Crippen LogP contribution in [0, 0.1) is 5.82 Å².